The number of nitrogens with one attached hydrogen (secondary N) is 2. The third-order valence-corrected chi connectivity index (χ3v) is 5.74. The number of aromatic nitrogens is 2. The number of hydrogen-bond acceptors (Lipinski definition) is 7. The minimum atomic E-state index is -0.388. The summed E-state index contributed by atoms with van der Waals surface area (Å²) in [5.41, 5.74) is 3.47. The lowest BCUT2D eigenvalue weighted by Crippen LogP contribution is -2.19. The molecule has 152 valence electrons. The largest absolute Gasteiger partial charge is 0.497 e. The predicted octanol–water partition coefficient (Wildman–Crippen LogP) is 5.59. The number of urea groups is 1. The van der Waals surface area contributed by atoms with Crippen LogP contribution in [0.5, 0.6) is 11.5 Å². The van der Waals surface area contributed by atoms with Gasteiger partial charge in [0.05, 0.1) is 25.6 Å². The van der Waals surface area contributed by atoms with E-state index in [4.69, 9.17) is 9.47 Å². The number of hydrogen-bond donors (Lipinski definition) is 2. The van der Waals surface area contributed by atoms with Gasteiger partial charge < -0.3 is 9.47 Å². The van der Waals surface area contributed by atoms with Crippen LogP contribution in [0, 0.1) is 0 Å². The molecular formula is C21H18N4O3S2. The van der Waals surface area contributed by atoms with E-state index in [9.17, 15) is 4.79 Å². The van der Waals surface area contributed by atoms with Crippen molar-refractivity contribution >= 4 is 39.0 Å². The minimum Gasteiger partial charge on any atom is -0.497 e. The van der Waals surface area contributed by atoms with Gasteiger partial charge >= 0.3 is 6.03 Å². The maximum atomic E-state index is 12.3. The summed E-state index contributed by atoms with van der Waals surface area (Å²) in [6.07, 6.45) is 0. The Morgan fingerprint density at radius 1 is 0.733 bits per heavy atom. The molecular weight excluding hydrogens is 420 g/mol. The summed E-state index contributed by atoms with van der Waals surface area (Å²) in [4.78, 5) is 21.2. The monoisotopic (exact) mass is 438 g/mol. The summed E-state index contributed by atoms with van der Waals surface area (Å²) in [7, 11) is 3.25. The summed E-state index contributed by atoms with van der Waals surface area (Å²) in [5, 5.41) is 10.3. The third-order valence-electron chi connectivity index (χ3n) is 4.22. The van der Waals surface area contributed by atoms with Gasteiger partial charge in [-0.1, -0.05) is 0 Å². The van der Waals surface area contributed by atoms with Crippen molar-refractivity contribution in [1.82, 2.24) is 9.97 Å². The maximum absolute atomic E-state index is 12.3. The smallest absolute Gasteiger partial charge is 0.327 e. The zero-order valence-electron chi connectivity index (χ0n) is 16.2. The molecule has 0 aliphatic rings. The van der Waals surface area contributed by atoms with Crippen molar-refractivity contribution in [2.45, 2.75) is 0 Å². The van der Waals surface area contributed by atoms with Gasteiger partial charge in [-0.05, 0) is 48.5 Å². The van der Waals surface area contributed by atoms with Crippen molar-refractivity contribution in [2.24, 2.45) is 0 Å². The van der Waals surface area contributed by atoms with E-state index in [2.05, 4.69) is 20.6 Å². The summed E-state index contributed by atoms with van der Waals surface area (Å²) in [5.74, 6) is 1.56. The molecule has 0 saturated heterocycles. The van der Waals surface area contributed by atoms with E-state index in [1.165, 1.54) is 22.7 Å². The van der Waals surface area contributed by atoms with Crippen LogP contribution in [0.4, 0.5) is 15.1 Å². The second kappa shape index (κ2) is 8.93. The van der Waals surface area contributed by atoms with Crippen LogP contribution >= 0.6 is 22.7 Å². The van der Waals surface area contributed by atoms with Gasteiger partial charge in [-0.2, -0.15) is 0 Å². The van der Waals surface area contributed by atoms with Crippen LogP contribution in [0.2, 0.25) is 0 Å². The summed E-state index contributed by atoms with van der Waals surface area (Å²) in [6, 6.07) is 14.8. The van der Waals surface area contributed by atoms with Crippen molar-refractivity contribution in [3.63, 3.8) is 0 Å². The highest BCUT2D eigenvalue weighted by molar-refractivity contribution is 7.14. The fraction of sp³-hybridized carbons (Fsp3) is 0.0952. The van der Waals surface area contributed by atoms with Gasteiger partial charge in [-0.3, -0.25) is 10.6 Å². The Labute approximate surface area is 181 Å². The maximum Gasteiger partial charge on any atom is 0.327 e. The second-order valence-corrected chi connectivity index (χ2v) is 7.83. The van der Waals surface area contributed by atoms with Crippen LogP contribution in [0.1, 0.15) is 0 Å². The molecule has 0 saturated carbocycles. The lowest BCUT2D eigenvalue weighted by atomic mass is 10.2. The molecule has 2 heterocycles. The van der Waals surface area contributed by atoms with E-state index in [-0.39, 0.29) is 6.03 Å². The van der Waals surface area contributed by atoms with Crippen LogP contribution in [0.3, 0.4) is 0 Å². The van der Waals surface area contributed by atoms with Gasteiger partial charge in [0, 0.05) is 21.9 Å². The van der Waals surface area contributed by atoms with E-state index in [1.807, 2.05) is 59.3 Å². The Bertz CT molecular complexity index is 1050. The average molecular weight is 439 g/mol. The first-order chi connectivity index (χ1) is 14.6. The lowest BCUT2D eigenvalue weighted by Gasteiger charge is -2.02. The molecule has 0 aliphatic carbocycles. The van der Waals surface area contributed by atoms with Gasteiger partial charge in [-0.15, -0.1) is 22.7 Å². The number of carbonyl (C=O) groups is 1. The molecule has 0 spiro atoms. The van der Waals surface area contributed by atoms with Crippen molar-refractivity contribution < 1.29 is 14.3 Å². The number of methoxy groups -OCH3 is 2. The summed E-state index contributed by atoms with van der Waals surface area (Å²) < 4.78 is 10.3. The number of ether oxygens (including phenoxy) is 2. The molecule has 0 atom stereocenters. The van der Waals surface area contributed by atoms with E-state index < -0.39 is 0 Å². The Morgan fingerprint density at radius 3 is 1.50 bits per heavy atom. The van der Waals surface area contributed by atoms with Crippen LogP contribution in [0.15, 0.2) is 59.3 Å². The van der Waals surface area contributed by atoms with Gasteiger partial charge in [0.25, 0.3) is 0 Å². The van der Waals surface area contributed by atoms with Gasteiger partial charge in [0.1, 0.15) is 11.5 Å². The van der Waals surface area contributed by atoms with Crippen molar-refractivity contribution in [3.05, 3.63) is 59.3 Å². The lowest BCUT2D eigenvalue weighted by molar-refractivity contribution is 0.262. The number of amides is 2. The standard InChI is InChI=1S/C21H18N4O3S2/c1-27-15-7-3-13(4-8-15)17-11-29-20(22-17)24-19(26)25-21-23-18(12-30-21)14-5-9-16(28-2)10-6-14/h3-12H,1-2H3,(H2,22,23,24,25,26). The minimum absolute atomic E-state index is 0.388. The highest BCUT2D eigenvalue weighted by Gasteiger charge is 2.11. The number of rotatable bonds is 6. The molecule has 0 bridgehead atoms. The molecule has 7 nitrogen and oxygen atoms in total. The number of anilines is 2. The zero-order valence-corrected chi connectivity index (χ0v) is 17.8. The predicted molar refractivity (Wildman–Crippen MR) is 121 cm³/mol. The second-order valence-electron chi connectivity index (χ2n) is 6.11. The highest BCUT2D eigenvalue weighted by atomic mass is 32.1. The average Bonchev–Trinajstić information content (AvgIpc) is 3.44. The molecule has 9 heteroatoms. The molecule has 2 amide bonds. The van der Waals surface area contributed by atoms with E-state index in [0.29, 0.717) is 10.3 Å². The Balaban J connectivity index is 1.38. The zero-order chi connectivity index (χ0) is 20.9. The quantitative estimate of drug-likeness (QED) is 0.410. The highest BCUT2D eigenvalue weighted by Crippen LogP contribution is 2.28. The Hall–Kier alpha value is -3.43. The van der Waals surface area contributed by atoms with E-state index in [1.54, 1.807) is 14.2 Å². The molecule has 2 N–H and O–H groups in total. The summed E-state index contributed by atoms with van der Waals surface area (Å²) >= 11 is 2.71. The first-order valence-electron chi connectivity index (χ1n) is 8.92. The Kier molecular flexibility index (Phi) is 5.92. The van der Waals surface area contributed by atoms with Gasteiger partial charge in [0.2, 0.25) is 0 Å². The molecule has 0 fully saturated rings. The van der Waals surface area contributed by atoms with Crippen LogP contribution in [-0.4, -0.2) is 30.2 Å². The number of carbonyl (C=O) groups excluding carboxylic acids is 1. The number of benzene rings is 2. The normalized spacial score (nSPS) is 10.5. The van der Waals surface area contributed by atoms with Crippen molar-refractivity contribution in [3.8, 4) is 34.0 Å². The van der Waals surface area contributed by atoms with Crippen LogP contribution < -0.4 is 20.1 Å². The molecule has 4 rings (SSSR count). The number of nitrogens with zero attached hydrogens (tertiary/aromatic N) is 2. The fourth-order valence-electron chi connectivity index (χ4n) is 2.68. The molecule has 2 aromatic heterocycles. The fourth-order valence-corrected chi connectivity index (χ4v) is 4.11. The Morgan fingerprint density at radius 2 is 1.13 bits per heavy atom. The molecule has 2 aromatic carbocycles. The molecule has 0 aliphatic heterocycles. The first-order valence-corrected chi connectivity index (χ1v) is 10.7. The van der Waals surface area contributed by atoms with Crippen molar-refractivity contribution in [1.29, 1.82) is 0 Å². The topological polar surface area (TPSA) is 85.4 Å². The summed E-state index contributed by atoms with van der Waals surface area (Å²) in [6.45, 7) is 0. The van der Waals surface area contributed by atoms with Crippen LogP contribution in [0.25, 0.3) is 22.5 Å². The van der Waals surface area contributed by atoms with Gasteiger partial charge in [0.15, 0.2) is 10.3 Å². The SMILES string of the molecule is COc1ccc(-c2csc(NC(=O)Nc3nc(-c4ccc(OC)cc4)cs3)n2)cc1. The molecule has 4 aromatic rings. The van der Waals surface area contributed by atoms with Crippen molar-refractivity contribution in [2.75, 3.05) is 24.9 Å². The third kappa shape index (κ3) is 4.58. The van der Waals surface area contributed by atoms with Crippen LogP contribution in [-0.2, 0) is 0 Å². The molecule has 0 radical (unpaired) electrons. The molecule has 0 unspecified atom stereocenters. The number of thiazole rings is 2. The van der Waals surface area contributed by atoms with E-state index >= 15 is 0 Å². The van der Waals surface area contributed by atoms with Gasteiger partial charge in [-0.25, -0.2) is 14.8 Å². The van der Waals surface area contributed by atoms with E-state index in [0.717, 1.165) is 34.0 Å². The molecule has 30 heavy (non-hydrogen) atoms. The first kappa shape index (κ1) is 19.9.